The molecule has 0 spiro atoms. The summed E-state index contributed by atoms with van der Waals surface area (Å²) in [6, 6.07) is 19.3. The molecule has 4 rings (SSSR count). The Bertz CT molecular complexity index is 1220. The number of nitrogens with one attached hydrogen (secondary N) is 2. The Morgan fingerprint density at radius 1 is 1.03 bits per heavy atom. The fourth-order valence-corrected chi connectivity index (χ4v) is 4.16. The Hall–Kier alpha value is -3.29. The van der Waals surface area contributed by atoms with Gasteiger partial charge in [-0.3, -0.25) is 15.6 Å². The van der Waals surface area contributed by atoms with E-state index in [4.69, 9.17) is 21.3 Å². The normalized spacial score (nSPS) is 14.6. The largest absolute Gasteiger partial charge is 0.489 e. The smallest absolute Gasteiger partial charge is 0.224 e. The number of nitrogen functional groups attached to an aromatic ring is 1. The van der Waals surface area contributed by atoms with Crippen LogP contribution in [0.1, 0.15) is 31.4 Å². The van der Waals surface area contributed by atoms with Gasteiger partial charge in [0.15, 0.2) is 0 Å². The molecule has 3 aromatic rings. The third-order valence-corrected chi connectivity index (χ3v) is 6.01. The lowest BCUT2D eigenvalue weighted by Crippen LogP contribution is -2.28. The van der Waals surface area contributed by atoms with Crippen molar-refractivity contribution in [3.8, 4) is 5.75 Å². The summed E-state index contributed by atoms with van der Waals surface area (Å²) in [5.74, 6) is 1.32. The van der Waals surface area contributed by atoms with Crippen molar-refractivity contribution in [1.29, 1.82) is 10.8 Å². The van der Waals surface area contributed by atoms with E-state index in [-0.39, 0.29) is 42.7 Å². The first-order chi connectivity index (χ1) is 15.8. The second-order valence-corrected chi connectivity index (χ2v) is 8.47. The summed E-state index contributed by atoms with van der Waals surface area (Å²) < 4.78 is 6.08. The molecule has 0 aliphatic carbocycles. The van der Waals surface area contributed by atoms with Crippen molar-refractivity contribution < 1.29 is 9.53 Å². The number of nitrogens with two attached hydrogens (primary N) is 1. The zero-order valence-electron chi connectivity index (χ0n) is 19.8. The number of amides is 1. The fraction of sp³-hybridized carbons (Fsp3) is 0.269. The summed E-state index contributed by atoms with van der Waals surface area (Å²) in [7, 11) is 0. The molecule has 1 heterocycles. The fourth-order valence-electron chi connectivity index (χ4n) is 4.16. The molecule has 35 heavy (non-hydrogen) atoms. The Balaban J connectivity index is 0.00000216. The molecular formula is C26H31Cl2N5O2. The van der Waals surface area contributed by atoms with Crippen LogP contribution < -0.4 is 15.4 Å². The van der Waals surface area contributed by atoms with Gasteiger partial charge in [-0.25, -0.2) is 0 Å². The van der Waals surface area contributed by atoms with Crippen LogP contribution in [0.15, 0.2) is 60.7 Å². The molecular weight excluding hydrogens is 485 g/mol. The maximum atomic E-state index is 12.4. The van der Waals surface area contributed by atoms with Crippen LogP contribution in [-0.2, 0) is 11.3 Å². The quantitative estimate of drug-likeness (QED) is 0.318. The minimum Gasteiger partial charge on any atom is -0.489 e. The van der Waals surface area contributed by atoms with Crippen LogP contribution in [-0.4, -0.2) is 41.7 Å². The molecule has 0 aromatic heterocycles. The van der Waals surface area contributed by atoms with Crippen LogP contribution in [0, 0.1) is 10.8 Å². The third kappa shape index (κ3) is 6.65. The summed E-state index contributed by atoms with van der Waals surface area (Å²) in [5, 5.41) is 17.5. The van der Waals surface area contributed by atoms with Gasteiger partial charge in [-0.15, -0.1) is 24.8 Å². The minimum absolute atomic E-state index is 0. The molecule has 9 heteroatoms. The molecule has 7 nitrogen and oxygen atoms in total. The topological polar surface area (TPSA) is 106 Å². The number of rotatable bonds is 6. The average Bonchev–Trinajstić information content (AvgIpc) is 3.26. The van der Waals surface area contributed by atoms with Gasteiger partial charge in [-0.05, 0) is 59.7 Å². The van der Waals surface area contributed by atoms with Gasteiger partial charge >= 0.3 is 0 Å². The highest BCUT2D eigenvalue weighted by Crippen LogP contribution is 2.25. The van der Waals surface area contributed by atoms with E-state index in [2.05, 4.69) is 0 Å². The SMILES string of the molecule is CC(=N)N1CCC(Oc2ccc(N(Cc3ccc4ccc(C(=N)N)cc4c3)C(C)=O)cc2)C1.Cl.Cl. The standard InChI is InChI=1S/C26H29N5O2.2ClH/c1-17(27)30-12-11-25(16-30)33-24-9-7-23(8-10-24)31(18(2)32)15-19-3-4-20-5-6-21(26(28)29)14-22(20)13-19;;/h3-10,13-14,25,27H,11-12,15-16H2,1-2H3,(H3,28,29);2*1H. The highest BCUT2D eigenvalue weighted by molar-refractivity contribution is 5.99. The van der Waals surface area contributed by atoms with Crippen LogP contribution in [0.2, 0.25) is 0 Å². The number of hydrogen-bond acceptors (Lipinski definition) is 4. The Labute approximate surface area is 218 Å². The molecule has 1 aliphatic heterocycles. The molecule has 0 bridgehead atoms. The maximum Gasteiger partial charge on any atom is 0.224 e. The lowest BCUT2D eigenvalue weighted by Gasteiger charge is -2.22. The van der Waals surface area contributed by atoms with Crippen molar-refractivity contribution in [3.63, 3.8) is 0 Å². The number of hydrogen-bond donors (Lipinski definition) is 3. The molecule has 186 valence electrons. The number of carbonyl (C=O) groups is 1. The Kier molecular flexibility index (Phi) is 9.51. The Morgan fingerprint density at radius 2 is 1.71 bits per heavy atom. The van der Waals surface area contributed by atoms with E-state index in [0.29, 0.717) is 17.9 Å². The van der Waals surface area contributed by atoms with Gasteiger partial charge in [-0.2, -0.15) is 0 Å². The lowest BCUT2D eigenvalue weighted by atomic mass is 10.0. The molecule has 1 atom stereocenters. The molecule has 1 amide bonds. The first-order valence-corrected chi connectivity index (χ1v) is 11.0. The molecule has 1 aliphatic rings. The number of anilines is 1. The van der Waals surface area contributed by atoms with Crippen LogP contribution in [0.3, 0.4) is 0 Å². The van der Waals surface area contributed by atoms with Gasteiger partial charge in [-0.1, -0.05) is 24.3 Å². The molecule has 1 saturated heterocycles. The summed E-state index contributed by atoms with van der Waals surface area (Å²) >= 11 is 0. The summed E-state index contributed by atoms with van der Waals surface area (Å²) in [6.45, 7) is 5.36. The van der Waals surface area contributed by atoms with Crippen molar-refractivity contribution in [2.75, 3.05) is 18.0 Å². The number of halogens is 2. The van der Waals surface area contributed by atoms with E-state index >= 15 is 0 Å². The predicted molar refractivity (Wildman–Crippen MR) is 147 cm³/mol. The van der Waals surface area contributed by atoms with Gasteiger partial charge in [0.2, 0.25) is 5.91 Å². The summed E-state index contributed by atoms with van der Waals surface area (Å²) in [4.78, 5) is 16.2. The van der Waals surface area contributed by atoms with Crippen molar-refractivity contribution in [2.45, 2.75) is 32.9 Å². The number of fused-ring (bicyclic) bond motifs is 1. The number of likely N-dealkylation sites (tertiary alicyclic amines) is 1. The maximum absolute atomic E-state index is 12.4. The van der Waals surface area contributed by atoms with Crippen molar-refractivity contribution in [3.05, 3.63) is 71.8 Å². The predicted octanol–water partition coefficient (Wildman–Crippen LogP) is 4.97. The highest BCUT2D eigenvalue weighted by atomic mass is 35.5. The molecule has 0 radical (unpaired) electrons. The first kappa shape index (κ1) is 28.0. The van der Waals surface area contributed by atoms with Crippen LogP contribution in [0.4, 0.5) is 5.69 Å². The van der Waals surface area contributed by atoms with E-state index in [1.165, 1.54) is 0 Å². The molecule has 0 saturated carbocycles. The van der Waals surface area contributed by atoms with Crippen molar-refractivity contribution in [1.82, 2.24) is 4.90 Å². The molecule has 1 fully saturated rings. The lowest BCUT2D eigenvalue weighted by molar-refractivity contribution is -0.116. The van der Waals surface area contributed by atoms with Crippen LogP contribution in [0.25, 0.3) is 10.8 Å². The van der Waals surface area contributed by atoms with E-state index in [1.807, 2.05) is 65.6 Å². The van der Waals surface area contributed by atoms with Crippen LogP contribution in [0.5, 0.6) is 5.75 Å². The van der Waals surface area contributed by atoms with Crippen molar-refractivity contribution >= 4 is 58.9 Å². The highest BCUT2D eigenvalue weighted by Gasteiger charge is 2.24. The van der Waals surface area contributed by atoms with E-state index < -0.39 is 0 Å². The zero-order chi connectivity index (χ0) is 23.5. The van der Waals surface area contributed by atoms with Gasteiger partial charge in [0.25, 0.3) is 0 Å². The van der Waals surface area contributed by atoms with E-state index in [9.17, 15) is 4.79 Å². The van der Waals surface area contributed by atoms with Crippen LogP contribution >= 0.6 is 24.8 Å². The molecule has 3 aromatic carbocycles. The van der Waals surface area contributed by atoms with Gasteiger partial charge in [0.05, 0.1) is 18.9 Å². The van der Waals surface area contributed by atoms with Gasteiger partial charge in [0.1, 0.15) is 17.7 Å². The minimum atomic E-state index is -0.0471. The molecule has 4 N–H and O–H groups in total. The monoisotopic (exact) mass is 515 g/mol. The molecule has 1 unspecified atom stereocenters. The van der Waals surface area contributed by atoms with E-state index in [0.717, 1.165) is 47.3 Å². The second kappa shape index (κ2) is 11.9. The number of nitrogens with zero attached hydrogens (tertiary/aromatic N) is 2. The number of carbonyl (C=O) groups excluding carboxylic acids is 1. The number of ether oxygens (including phenoxy) is 1. The van der Waals surface area contributed by atoms with Gasteiger partial charge in [0, 0.05) is 31.1 Å². The van der Waals surface area contributed by atoms with Gasteiger partial charge < -0.3 is 20.3 Å². The Morgan fingerprint density at radius 3 is 2.31 bits per heavy atom. The van der Waals surface area contributed by atoms with Crippen molar-refractivity contribution in [2.24, 2.45) is 5.73 Å². The average molecular weight is 516 g/mol. The van der Waals surface area contributed by atoms with E-state index in [1.54, 1.807) is 18.7 Å². The zero-order valence-corrected chi connectivity index (χ0v) is 21.4. The number of amidine groups is 2. The summed E-state index contributed by atoms with van der Waals surface area (Å²) in [5.41, 5.74) is 8.11. The number of benzene rings is 3. The first-order valence-electron chi connectivity index (χ1n) is 11.0. The third-order valence-electron chi connectivity index (χ3n) is 6.01. The second-order valence-electron chi connectivity index (χ2n) is 8.47. The summed E-state index contributed by atoms with van der Waals surface area (Å²) in [6.07, 6.45) is 0.961.